The fourth-order valence-corrected chi connectivity index (χ4v) is 3.33. The first-order chi connectivity index (χ1) is 9.13. The maximum Gasteiger partial charge on any atom is 0.322 e. The van der Waals surface area contributed by atoms with Crippen LogP contribution >= 0.6 is 11.6 Å². The summed E-state index contributed by atoms with van der Waals surface area (Å²) < 4.78 is 0. The van der Waals surface area contributed by atoms with Gasteiger partial charge in [0.15, 0.2) is 0 Å². The Bertz CT molecular complexity index is 463. The Kier molecular flexibility index (Phi) is 3.37. The largest absolute Gasteiger partial charge is 0.393 e. The zero-order chi connectivity index (χ0) is 13.4. The average molecular weight is 281 g/mol. The molecule has 19 heavy (non-hydrogen) atoms. The van der Waals surface area contributed by atoms with Gasteiger partial charge in [-0.3, -0.25) is 0 Å². The van der Waals surface area contributed by atoms with E-state index >= 15 is 0 Å². The van der Waals surface area contributed by atoms with Crippen molar-refractivity contribution in [1.82, 2.24) is 4.90 Å². The maximum absolute atomic E-state index is 12.3. The molecule has 1 aromatic carbocycles. The van der Waals surface area contributed by atoms with Crippen LogP contribution in [0.1, 0.15) is 25.7 Å². The zero-order valence-electron chi connectivity index (χ0n) is 10.6. The van der Waals surface area contributed by atoms with Crippen LogP contribution < -0.4 is 5.32 Å². The van der Waals surface area contributed by atoms with Gasteiger partial charge in [-0.05, 0) is 49.9 Å². The predicted molar refractivity (Wildman–Crippen MR) is 74.4 cm³/mol. The molecule has 2 fully saturated rings. The molecule has 2 N–H and O–H groups in total. The molecule has 0 aliphatic carbocycles. The van der Waals surface area contributed by atoms with Crippen molar-refractivity contribution < 1.29 is 9.90 Å². The monoisotopic (exact) mass is 280 g/mol. The third kappa shape index (κ3) is 2.55. The highest BCUT2D eigenvalue weighted by molar-refractivity contribution is 6.30. The lowest BCUT2D eigenvalue weighted by Gasteiger charge is -2.37. The fourth-order valence-electron chi connectivity index (χ4n) is 3.20. The minimum absolute atomic E-state index is 0.0678. The van der Waals surface area contributed by atoms with Crippen LogP contribution in [0.5, 0.6) is 0 Å². The quantitative estimate of drug-likeness (QED) is 0.831. The van der Waals surface area contributed by atoms with E-state index in [1.807, 2.05) is 4.90 Å². The van der Waals surface area contributed by atoms with Gasteiger partial charge in [0.25, 0.3) is 0 Å². The summed E-state index contributed by atoms with van der Waals surface area (Å²) in [6, 6.07) is 7.39. The highest BCUT2D eigenvalue weighted by Gasteiger charge is 2.42. The van der Waals surface area contributed by atoms with Crippen molar-refractivity contribution in [2.75, 3.05) is 5.32 Å². The summed E-state index contributed by atoms with van der Waals surface area (Å²) in [7, 11) is 0. The fraction of sp³-hybridized carbons (Fsp3) is 0.500. The van der Waals surface area contributed by atoms with Crippen LogP contribution in [0, 0.1) is 0 Å². The van der Waals surface area contributed by atoms with Gasteiger partial charge in [-0.2, -0.15) is 0 Å². The van der Waals surface area contributed by atoms with Crippen LogP contribution in [-0.2, 0) is 0 Å². The number of hydrogen-bond donors (Lipinski definition) is 2. The molecule has 2 aliphatic heterocycles. The summed E-state index contributed by atoms with van der Waals surface area (Å²) in [5.41, 5.74) is 0.750. The normalized spacial score (nSPS) is 29.4. The molecule has 0 aromatic heterocycles. The first-order valence-corrected chi connectivity index (χ1v) is 7.04. The Balaban J connectivity index is 1.69. The van der Waals surface area contributed by atoms with Gasteiger partial charge >= 0.3 is 6.03 Å². The number of amides is 2. The Hall–Kier alpha value is -1.26. The van der Waals surface area contributed by atoms with Gasteiger partial charge in [0.1, 0.15) is 0 Å². The second-order valence-electron chi connectivity index (χ2n) is 5.35. The van der Waals surface area contributed by atoms with Crippen LogP contribution in [0.2, 0.25) is 5.02 Å². The lowest BCUT2D eigenvalue weighted by molar-refractivity contribution is 0.0580. The topological polar surface area (TPSA) is 52.6 Å². The minimum Gasteiger partial charge on any atom is -0.393 e. The number of aliphatic hydroxyl groups is 1. The van der Waals surface area contributed by atoms with E-state index in [0.29, 0.717) is 17.9 Å². The summed E-state index contributed by atoms with van der Waals surface area (Å²) >= 11 is 5.82. The van der Waals surface area contributed by atoms with E-state index in [2.05, 4.69) is 5.32 Å². The SMILES string of the molecule is O=C(Nc1ccc(Cl)cc1)N1C2CCC1CC(O)C2. The molecule has 1 aromatic rings. The lowest BCUT2D eigenvalue weighted by atomic mass is 10.0. The smallest absolute Gasteiger partial charge is 0.322 e. The third-order valence-corrected chi connectivity index (χ3v) is 4.29. The molecular formula is C14H17ClN2O2. The van der Waals surface area contributed by atoms with Crippen LogP contribution in [0.4, 0.5) is 10.5 Å². The standard InChI is InChI=1S/C14H17ClN2O2/c15-9-1-3-10(4-2-9)16-14(19)17-11-5-6-12(17)8-13(18)7-11/h1-4,11-13,18H,5-8H2,(H,16,19). The molecule has 2 bridgehead atoms. The second-order valence-corrected chi connectivity index (χ2v) is 5.79. The molecule has 0 saturated carbocycles. The summed E-state index contributed by atoms with van der Waals surface area (Å²) in [6.07, 6.45) is 3.14. The molecule has 5 heteroatoms. The molecule has 2 aliphatic rings. The number of halogens is 1. The van der Waals surface area contributed by atoms with Gasteiger partial charge in [-0.15, -0.1) is 0 Å². The molecule has 2 saturated heterocycles. The first kappa shape index (κ1) is 12.8. The van der Waals surface area contributed by atoms with E-state index in [-0.39, 0.29) is 24.2 Å². The number of benzene rings is 1. The Labute approximate surface area is 117 Å². The maximum atomic E-state index is 12.3. The second kappa shape index (κ2) is 5.02. The number of fused-ring (bicyclic) bond motifs is 2. The molecule has 2 amide bonds. The van der Waals surface area contributed by atoms with E-state index in [0.717, 1.165) is 18.5 Å². The minimum atomic E-state index is -0.253. The number of hydrogen-bond acceptors (Lipinski definition) is 2. The molecular weight excluding hydrogens is 264 g/mol. The van der Waals surface area contributed by atoms with Crippen LogP contribution in [-0.4, -0.2) is 34.2 Å². The van der Waals surface area contributed by atoms with Gasteiger partial charge in [0.2, 0.25) is 0 Å². The van der Waals surface area contributed by atoms with Gasteiger partial charge in [-0.1, -0.05) is 11.6 Å². The number of piperidine rings is 1. The molecule has 2 unspecified atom stereocenters. The van der Waals surface area contributed by atoms with Crippen LogP contribution in [0.25, 0.3) is 0 Å². The first-order valence-electron chi connectivity index (χ1n) is 6.66. The zero-order valence-corrected chi connectivity index (χ0v) is 11.3. The molecule has 2 heterocycles. The van der Waals surface area contributed by atoms with Gasteiger partial charge in [-0.25, -0.2) is 4.79 Å². The lowest BCUT2D eigenvalue weighted by Crippen LogP contribution is -2.49. The highest BCUT2D eigenvalue weighted by atomic mass is 35.5. The van der Waals surface area contributed by atoms with Gasteiger partial charge < -0.3 is 15.3 Å². The molecule has 0 radical (unpaired) electrons. The van der Waals surface area contributed by atoms with Crippen LogP contribution in [0.3, 0.4) is 0 Å². The van der Waals surface area contributed by atoms with Crippen molar-refractivity contribution in [1.29, 1.82) is 0 Å². The van der Waals surface area contributed by atoms with E-state index in [1.165, 1.54) is 0 Å². The summed E-state index contributed by atoms with van der Waals surface area (Å²) in [5.74, 6) is 0. The van der Waals surface area contributed by atoms with Crippen molar-refractivity contribution in [3.05, 3.63) is 29.3 Å². The van der Waals surface area contributed by atoms with Crippen molar-refractivity contribution >= 4 is 23.3 Å². The molecule has 2 atom stereocenters. The van der Waals surface area contributed by atoms with Crippen molar-refractivity contribution in [3.63, 3.8) is 0 Å². The molecule has 3 rings (SSSR count). The molecule has 102 valence electrons. The Morgan fingerprint density at radius 2 is 1.79 bits per heavy atom. The summed E-state index contributed by atoms with van der Waals surface area (Å²) in [6.45, 7) is 0. The van der Waals surface area contributed by atoms with Crippen molar-refractivity contribution in [2.24, 2.45) is 0 Å². The van der Waals surface area contributed by atoms with Crippen molar-refractivity contribution in [3.8, 4) is 0 Å². The predicted octanol–water partition coefficient (Wildman–Crippen LogP) is 2.86. The number of carbonyl (C=O) groups is 1. The Morgan fingerprint density at radius 3 is 2.37 bits per heavy atom. The number of aliphatic hydroxyl groups excluding tert-OH is 1. The summed E-state index contributed by atoms with van der Waals surface area (Å²) in [5, 5.41) is 13.3. The van der Waals surface area contributed by atoms with Crippen LogP contribution in [0.15, 0.2) is 24.3 Å². The van der Waals surface area contributed by atoms with E-state index in [9.17, 15) is 9.90 Å². The number of nitrogens with one attached hydrogen (secondary N) is 1. The number of nitrogens with zero attached hydrogens (tertiary/aromatic N) is 1. The molecule has 4 nitrogen and oxygen atoms in total. The number of carbonyl (C=O) groups excluding carboxylic acids is 1. The number of rotatable bonds is 1. The van der Waals surface area contributed by atoms with E-state index in [1.54, 1.807) is 24.3 Å². The van der Waals surface area contributed by atoms with Gasteiger partial charge in [0.05, 0.1) is 6.10 Å². The summed E-state index contributed by atoms with van der Waals surface area (Å²) in [4.78, 5) is 14.2. The van der Waals surface area contributed by atoms with E-state index < -0.39 is 0 Å². The average Bonchev–Trinajstić information content (AvgIpc) is 2.65. The van der Waals surface area contributed by atoms with Gasteiger partial charge in [0, 0.05) is 22.8 Å². The Morgan fingerprint density at radius 1 is 1.21 bits per heavy atom. The van der Waals surface area contributed by atoms with Crippen molar-refractivity contribution in [2.45, 2.75) is 43.9 Å². The number of urea groups is 1. The van der Waals surface area contributed by atoms with E-state index in [4.69, 9.17) is 11.6 Å². The number of anilines is 1. The third-order valence-electron chi connectivity index (χ3n) is 4.04. The molecule has 0 spiro atoms. The highest BCUT2D eigenvalue weighted by Crippen LogP contribution is 2.36.